The van der Waals surface area contributed by atoms with Crippen molar-refractivity contribution in [2.24, 2.45) is 0 Å². The molecule has 0 bridgehead atoms. The van der Waals surface area contributed by atoms with Gasteiger partial charge in [0, 0.05) is 5.56 Å². The SMILES string of the molecule is C[C@H]1Oc2ccccc2C(=O)N(CC(=O)c2ccc(OCc3ccccc3)cc2)C1=O. The van der Waals surface area contributed by atoms with E-state index >= 15 is 0 Å². The van der Waals surface area contributed by atoms with Gasteiger partial charge in [-0.3, -0.25) is 19.3 Å². The first-order chi connectivity index (χ1) is 15.0. The lowest BCUT2D eigenvalue weighted by molar-refractivity contribution is -0.134. The van der Waals surface area contributed by atoms with Crippen LogP contribution in [0.4, 0.5) is 0 Å². The minimum absolute atomic E-state index is 0.262. The zero-order valence-electron chi connectivity index (χ0n) is 17.0. The Hall–Kier alpha value is -3.93. The summed E-state index contributed by atoms with van der Waals surface area (Å²) in [5.74, 6) is -0.470. The third-order valence-corrected chi connectivity index (χ3v) is 5.01. The zero-order valence-corrected chi connectivity index (χ0v) is 17.0. The summed E-state index contributed by atoms with van der Waals surface area (Å²) < 4.78 is 11.3. The molecule has 3 aromatic rings. The smallest absolute Gasteiger partial charge is 0.270 e. The van der Waals surface area contributed by atoms with Crippen molar-refractivity contribution in [3.63, 3.8) is 0 Å². The lowest BCUT2D eigenvalue weighted by atomic mass is 10.1. The van der Waals surface area contributed by atoms with Gasteiger partial charge in [0.1, 0.15) is 18.1 Å². The fourth-order valence-electron chi connectivity index (χ4n) is 3.31. The minimum atomic E-state index is -0.867. The van der Waals surface area contributed by atoms with Crippen molar-refractivity contribution in [3.8, 4) is 11.5 Å². The second-order valence-corrected chi connectivity index (χ2v) is 7.21. The Bertz CT molecular complexity index is 1110. The van der Waals surface area contributed by atoms with Crippen molar-refractivity contribution in [2.75, 3.05) is 6.54 Å². The van der Waals surface area contributed by atoms with Gasteiger partial charge < -0.3 is 9.47 Å². The number of imide groups is 1. The lowest BCUT2D eigenvalue weighted by Crippen LogP contribution is -2.44. The highest BCUT2D eigenvalue weighted by Crippen LogP contribution is 2.25. The van der Waals surface area contributed by atoms with Gasteiger partial charge in [-0.1, -0.05) is 42.5 Å². The number of carbonyl (C=O) groups is 3. The van der Waals surface area contributed by atoms with Gasteiger partial charge in [-0.05, 0) is 48.9 Å². The molecule has 0 aromatic heterocycles. The summed E-state index contributed by atoms with van der Waals surface area (Å²) >= 11 is 0. The highest BCUT2D eigenvalue weighted by molar-refractivity contribution is 6.12. The number of amides is 2. The number of rotatable bonds is 6. The number of Topliss-reactive ketones (excluding diaryl/α,β-unsaturated/α-hetero) is 1. The molecule has 0 fully saturated rings. The standard InChI is InChI=1S/C25H21NO5/c1-17-24(28)26(25(29)21-9-5-6-10-23(21)31-17)15-22(27)19-11-13-20(14-12-19)30-16-18-7-3-2-4-8-18/h2-14,17H,15-16H2,1H3/t17-/m1/s1. The van der Waals surface area contributed by atoms with Gasteiger partial charge in [0.25, 0.3) is 11.8 Å². The van der Waals surface area contributed by atoms with E-state index in [0.717, 1.165) is 10.5 Å². The summed E-state index contributed by atoms with van der Waals surface area (Å²) in [5, 5.41) is 0. The molecule has 2 amide bonds. The largest absolute Gasteiger partial charge is 0.489 e. The van der Waals surface area contributed by atoms with Crippen LogP contribution in [0.3, 0.4) is 0 Å². The van der Waals surface area contributed by atoms with E-state index in [9.17, 15) is 14.4 Å². The number of nitrogens with zero attached hydrogens (tertiary/aromatic N) is 1. The Morgan fingerprint density at radius 1 is 0.935 bits per heavy atom. The normalized spacial score (nSPS) is 15.6. The Balaban J connectivity index is 1.46. The summed E-state index contributed by atoms with van der Waals surface area (Å²) in [4.78, 5) is 39.3. The van der Waals surface area contributed by atoms with Crippen LogP contribution in [0.15, 0.2) is 78.9 Å². The first-order valence-electron chi connectivity index (χ1n) is 9.94. The Labute approximate surface area is 180 Å². The number of benzene rings is 3. The number of hydrogen-bond acceptors (Lipinski definition) is 5. The average molecular weight is 415 g/mol. The maximum absolute atomic E-state index is 12.9. The first kappa shape index (κ1) is 20.3. The van der Waals surface area contributed by atoms with Crippen LogP contribution in [0.5, 0.6) is 11.5 Å². The molecule has 1 aliphatic rings. The van der Waals surface area contributed by atoms with Gasteiger partial charge in [0.05, 0.1) is 12.1 Å². The van der Waals surface area contributed by atoms with Crippen LogP contribution < -0.4 is 9.47 Å². The summed E-state index contributed by atoms with van der Waals surface area (Å²) in [6, 6.07) is 23.0. The maximum atomic E-state index is 12.9. The van der Waals surface area contributed by atoms with E-state index < -0.39 is 17.9 Å². The van der Waals surface area contributed by atoms with Crippen LogP contribution in [-0.4, -0.2) is 35.1 Å². The molecular weight excluding hydrogens is 394 g/mol. The van der Waals surface area contributed by atoms with Crippen LogP contribution in [0.25, 0.3) is 0 Å². The summed E-state index contributed by atoms with van der Waals surface area (Å²) in [6.45, 7) is 1.63. The monoisotopic (exact) mass is 415 g/mol. The van der Waals surface area contributed by atoms with Crippen molar-refractivity contribution >= 4 is 17.6 Å². The minimum Gasteiger partial charge on any atom is -0.489 e. The fourth-order valence-corrected chi connectivity index (χ4v) is 3.31. The van der Waals surface area contributed by atoms with Crippen LogP contribution >= 0.6 is 0 Å². The third-order valence-electron chi connectivity index (χ3n) is 5.01. The maximum Gasteiger partial charge on any atom is 0.270 e. The van der Waals surface area contributed by atoms with Crippen molar-refractivity contribution in [1.29, 1.82) is 0 Å². The Morgan fingerprint density at radius 2 is 1.61 bits per heavy atom. The molecule has 0 unspecified atom stereocenters. The first-order valence-corrected chi connectivity index (χ1v) is 9.94. The third kappa shape index (κ3) is 4.48. The van der Waals surface area contributed by atoms with E-state index in [0.29, 0.717) is 23.7 Å². The quantitative estimate of drug-likeness (QED) is 0.451. The molecule has 4 rings (SSSR count). The number of para-hydroxylation sites is 1. The summed E-state index contributed by atoms with van der Waals surface area (Å²) in [7, 11) is 0. The van der Waals surface area contributed by atoms with Crippen molar-refractivity contribution < 1.29 is 23.9 Å². The molecular formula is C25H21NO5. The molecule has 1 aliphatic heterocycles. The molecule has 0 aliphatic carbocycles. The van der Waals surface area contributed by atoms with Gasteiger partial charge in [0.2, 0.25) is 0 Å². The Morgan fingerprint density at radius 3 is 2.35 bits per heavy atom. The van der Waals surface area contributed by atoms with Gasteiger partial charge >= 0.3 is 0 Å². The molecule has 1 atom stereocenters. The van der Waals surface area contributed by atoms with E-state index in [2.05, 4.69) is 0 Å². The van der Waals surface area contributed by atoms with Crippen molar-refractivity contribution in [2.45, 2.75) is 19.6 Å². The van der Waals surface area contributed by atoms with Crippen molar-refractivity contribution in [1.82, 2.24) is 4.90 Å². The van der Waals surface area contributed by atoms with Crippen LogP contribution in [-0.2, 0) is 11.4 Å². The molecule has 156 valence electrons. The number of ether oxygens (including phenoxy) is 2. The molecule has 0 radical (unpaired) electrons. The Kier molecular flexibility index (Phi) is 5.80. The van der Waals surface area contributed by atoms with E-state index in [1.54, 1.807) is 55.5 Å². The number of hydrogen-bond donors (Lipinski definition) is 0. The van der Waals surface area contributed by atoms with E-state index in [4.69, 9.17) is 9.47 Å². The van der Waals surface area contributed by atoms with Gasteiger partial charge in [-0.15, -0.1) is 0 Å². The fraction of sp³-hybridized carbons (Fsp3) is 0.160. The summed E-state index contributed by atoms with van der Waals surface area (Å²) in [6.07, 6.45) is -0.867. The van der Waals surface area contributed by atoms with Crippen LogP contribution in [0.2, 0.25) is 0 Å². The second kappa shape index (κ2) is 8.83. The molecule has 0 spiro atoms. The predicted octanol–water partition coefficient (Wildman–Crippen LogP) is 3.90. The van der Waals surface area contributed by atoms with Gasteiger partial charge in [-0.2, -0.15) is 0 Å². The lowest BCUT2D eigenvalue weighted by Gasteiger charge is -2.19. The zero-order chi connectivity index (χ0) is 21.8. The molecule has 0 saturated heterocycles. The van der Waals surface area contributed by atoms with Crippen LogP contribution in [0.1, 0.15) is 33.2 Å². The predicted molar refractivity (Wildman–Crippen MR) is 114 cm³/mol. The molecule has 3 aromatic carbocycles. The number of carbonyl (C=O) groups excluding carboxylic acids is 3. The number of fused-ring (bicyclic) bond motifs is 1. The topological polar surface area (TPSA) is 72.9 Å². The highest BCUT2D eigenvalue weighted by atomic mass is 16.5. The molecule has 0 N–H and O–H groups in total. The molecule has 31 heavy (non-hydrogen) atoms. The van der Waals surface area contributed by atoms with Gasteiger partial charge in [0.15, 0.2) is 11.9 Å². The average Bonchev–Trinajstić information content (AvgIpc) is 2.89. The molecule has 1 heterocycles. The molecule has 0 saturated carbocycles. The van der Waals surface area contributed by atoms with E-state index in [1.807, 2.05) is 30.3 Å². The molecule has 6 heteroatoms. The van der Waals surface area contributed by atoms with E-state index in [-0.39, 0.29) is 17.9 Å². The van der Waals surface area contributed by atoms with E-state index in [1.165, 1.54) is 0 Å². The van der Waals surface area contributed by atoms with Crippen molar-refractivity contribution in [3.05, 3.63) is 95.6 Å². The van der Waals surface area contributed by atoms with Gasteiger partial charge in [-0.25, -0.2) is 0 Å². The number of ketones is 1. The molecule has 6 nitrogen and oxygen atoms in total. The highest BCUT2D eigenvalue weighted by Gasteiger charge is 2.35. The summed E-state index contributed by atoms with van der Waals surface area (Å²) in [5.41, 5.74) is 1.69. The second-order valence-electron chi connectivity index (χ2n) is 7.21. The van der Waals surface area contributed by atoms with Crippen LogP contribution in [0, 0.1) is 0 Å².